The van der Waals surface area contributed by atoms with Crippen LogP contribution in [0.1, 0.15) is 24.8 Å². The van der Waals surface area contributed by atoms with Gasteiger partial charge < -0.3 is 14.6 Å². The summed E-state index contributed by atoms with van der Waals surface area (Å²) in [7, 11) is 1.72. The molecule has 0 radical (unpaired) electrons. The monoisotopic (exact) mass is 224 g/mol. The lowest BCUT2D eigenvalue weighted by molar-refractivity contribution is 0.189. The van der Waals surface area contributed by atoms with Crippen LogP contribution < -0.4 is 4.74 Å². The van der Waals surface area contributed by atoms with Gasteiger partial charge in [0.15, 0.2) is 0 Å². The second-order valence-electron chi connectivity index (χ2n) is 3.70. The van der Waals surface area contributed by atoms with Gasteiger partial charge in [0.1, 0.15) is 5.75 Å². The number of ether oxygens (including phenoxy) is 2. The highest BCUT2D eigenvalue weighted by molar-refractivity contribution is 5.26. The fourth-order valence-electron chi connectivity index (χ4n) is 1.41. The summed E-state index contributed by atoms with van der Waals surface area (Å²) in [6.45, 7) is 1.64. The van der Waals surface area contributed by atoms with Gasteiger partial charge in [0.2, 0.25) is 0 Å². The van der Waals surface area contributed by atoms with Crippen LogP contribution in [0.5, 0.6) is 5.75 Å². The minimum Gasteiger partial charge on any atom is -0.494 e. The van der Waals surface area contributed by atoms with Crippen molar-refractivity contribution in [2.24, 2.45) is 0 Å². The number of aliphatic hydroxyl groups is 1. The van der Waals surface area contributed by atoms with Crippen molar-refractivity contribution in [1.29, 1.82) is 0 Å². The molecule has 3 nitrogen and oxygen atoms in total. The maximum absolute atomic E-state index is 8.87. The zero-order valence-electron chi connectivity index (χ0n) is 9.82. The Morgan fingerprint density at radius 2 is 1.69 bits per heavy atom. The second kappa shape index (κ2) is 8.13. The Morgan fingerprint density at radius 3 is 2.31 bits per heavy atom. The molecule has 0 aromatic heterocycles. The number of hydrogen-bond donors (Lipinski definition) is 1. The maximum atomic E-state index is 8.87. The van der Waals surface area contributed by atoms with Gasteiger partial charge in [0.25, 0.3) is 0 Å². The van der Waals surface area contributed by atoms with Crippen LogP contribution in [0, 0.1) is 0 Å². The second-order valence-corrected chi connectivity index (χ2v) is 3.70. The molecule has 1 rings (SSSR count). The molecule has 1 aromatic carbocycles. The van der Waals surface area contributed by atoms with Crippen LogP contribution >= 0.6 is 0 Å². The standard InChI is InChI=1S/C13H20O3/c1-15-9-3-2-4-10-16-13-7-5-12(11-14)6-8-13/h5-8,14H,2-4,9-11H2,1H3. The molecular weight excluding hydrogens is 204 g/mol. The van der Waals surface area contributed by atoms with Gasteiger partial charge in [0.05, 0.1) is 13.2 Å². The highest BCUT2D eigenvalue weighted by Gasteiger charge is 1.95. The lowest BCUT2D eigenvalue weighted by Crippen LogP contribution is -1.98. The summed E-state index contributed by atoms with van der Waals surface area (Å²) in [5.41, 5.74) is 0.910. The SMILES string of the molecule is COCCCCCOc1ccc(CO)cc1. The van der Waals surface area contributed by atoms with Gasteiger partial charge in [-0.25, -0.2) is 0 Å². The van der Waals surface area contributed by atoms with Crippen molar-refractivity contribution in [3.05, 3.63) is 29.8 Å². The van der Waals surface area contributed by atoms with Gasteiger partial charge in [-0.05, 0) is 37.0 Å². The smallest absolute Gasteiger partial charge is 0.119 e. The molecule has 0 saturated heterocycles. The van der Waals surface area contributed by atoms with Crippen LogP contribution in [-0.4, -0.2) is 25.4 Å². The van der Waals surface area contributed by atoms with Gasteiger partial charge in [-0.2, -0.15) is 0 Å². The van der Waals surface area contributed by atoms with Crippen LogP contribution in [0.25, 0.3) is 0 Å². The molecule has 0 heterocycles. The van der Waals surface area contributed by atoms with Crippen LogP contribution in [0.4, 0.5) is 0 Å². The Labute approximate surface area is 97.0 Å². The van der Waals surface area contributed by atoms with Gasteiger partial charge in [-0.1, -0.05) is 12.1 Å². The van der Waals surface area contributed by atoms with Crippen LogP contribution in [0.3, 0.4) is 0 Å². The van der Waals surface area contributed by atoms with E-state index in [-0.39, 0.29) is 6.61 Å². The zero-order valence-corrected chi connectivity index (χ0v) is 9.82. The molecule has 0 atom stereocenters. The summed E-state index contributed by atoms with van der Waals surface area (Å²) in [6.07, 6.45) is 3.26. The number of unbranched alkanes of at least 4 members (excludes halogenated alkanes) is 2. The first-order valence-corrected chi connectivity index (χ1v) is 5.68. The highest BCUT2D eigenvalue weighted by Crippen LogP contribution is 2.12. The van der Waals surface area contributed by atoms with Gasteiger partial charge in [-0.3, -0.25) is 0 Å². The van der Waals surface area contributed by atoms with E-state index in [2.05, 4.69) is 0 Å². The number of rotatable bonds is 8. The molecule has 0 bridgehead atoms. The molecule has 3 heteroatoms. The Morgan fingerprint density at radius 1 is 1.00 bits per heavy atom. The van der Waals surface area contributed by atoms with Gasteiger partial charge in [0, 0.05) is 13.7 Å². The molecule has 0 spiro atoms. The minimum atomic E-state index is 0.0807. The number of methoxy groups -OCH3 is 1. The summed E-state index contributed by atoms with van der Waals surface area (Å²) < 4.78 is 10.5. The average molecular weight is 224 g/mol. The quantitative estimate of drug-likeness (QED) is 0.689. The maximum Gasteiger partial charge on any atom is 0.119 e. The number of hydrogen-bond acceptors (Lipinski definition) is 3. The van der Waals surface area contributed by atoms with E-state index in [4.69, 9.17) is 14.6 Å². The number of benzene rings is 1. The number of aliphatic hydroxyl groups excluding tert-OH is 1. The summed E-state index contributed by atoms with van der Waals surface area (Å²) >= 11 is 0. The van der Waals surface area contributed by atoms with E-state index in [0.29, 0.717) is 0 Å². The van der Waals surface area contributed by atoms with Crippen molar-refractivity contribution in [2.75, 3.05) is 20.3 Å². The first-order chi connectivity index (χ1) is 7.86. The normalized spacial score (nSPS) is 10.4. The lowest BCUT2D eigenvalue weighted by atomic mass is 10.2. The predicted octanol–water partition coefficient (Wildman–Crippen LogP) is 2.37. The predicted molar refractivity (Wildman–Crippen MR) is 63.6 cm³/mol. The fourth-order valence-corrected chi connectivity index (χ4v) is 1.41. The molecule has 0 aliphatic carbocycles. The van der Waals surface area contributed by atoms with Crippen molar-refractivity contribution in [3.8, 4) is 5.75 Å². The van der Waals surface area contributed by atoms with Crippen molar-refractivity contribution in [2.45, 2.75) is 25.9 Å². The van der Waals surface area contributed by atoms with E-state index in [0.717, 1.165) is 43.8 Å². The molecule has 0 aliphatic heterocycles. The lowest BCUT2D eigenvalue weighted by Gasteiger charge is -2.06. The highest BCUT2D eigenvalue weighted by atomic mass is 16.5. The van der Waals surface area contributed by atoms with Crippen molar-refractivity contribution in [1.82, 2.24) is 0 Å². The third-order valence-electron chi connectivity index (χ3n) is 2.37. The first-order valence-electron chi connectivity index (χ1n) is 5.68. The Kier molecular flexibility index (Phi) is 6.61. The largest absolute Gasteiger partial charge is 0.494 e. The van der Waals surface area contributed by atoms with E-state index in [1.165, 1.54) is 0 Å². The van der Waals surface area contributed by atoms with E-state index < -0.39 is 0 Å². The average Bonchev–Trinajstić information content (AvgIpc) is 2.34. The molecule has 0 unspecified atom stereocenters. The van der Waals surface area contributed by atoms with Gasteiger partial charge >= 0.3 is 0 Å². The van der Waals surface area contributed by atoms with E-state index in [9.17, 15) is 0 Å². The molecule has 16 heavy (non-hydrogen) atoms. The van der Waals surface area contributed by atoms with Crippen LogP contribution in [0.15, 0.2) is 24.3 Å². The minimum absolute atomic E-state index is 0.0807. The third kappa shape index (κ3) is 5.14. The van der Waals surface area contributed by atoms with Crippen molar-refractivity contribution < 1.29 is 14.6 Å². The Bertz CT molecular complexity index is 269. The molecule has 0 aliphatic rings. The fraction of sp³-hybridized carbons (Fsp3) is 0.538. The summed E-state index contributed by atoms with van der Waals surface area (Å²) in [5, 5.41) is 8.87. The zero-order chi connectivity index (χ0) is 11.6. The van der Waals surface area contributed by atoms with Gasteiger partial charge in [-0.15, -0.1) is 0 Å². The Balaban J connectivity index is 2.12. The molecule has 90 valence electrons. The third-order valence-corrected chi connectivity index (χ3v) is 2.37. The molecule has 1 N–H and O–H groups in total. The first kappa shape index (κ1) is 13.0. The molecule has 0 saturated carbocycles. The molecule has 1 aromatic rings. The molecule has 0 fully saturated rings. The molecule has 0 amide bonds. The van der Waals surface area contributed by atoms with E-state index in [1.54, 1.807) is 7.11 Å². The van der Waals surface area contributed by atoms with E-state index in [1.807, 2.05) is 24.3 Å². The van der Waals surface area contributed by atoms with Crippen LogP contribution in [0.2, 0.25) is 0 Å². The summed E-state index contributed by atoms with van der Waals surface area (Å²) in [4.78, 5) is 0. The summed E-state index contributed by atoms with van der Waals surface area (Å²) in [5.74, 6) is 0.865. The van der Waals surface area contributed by atoms with Crippen molar-refractivity contribution in [3.63, 3.8) is 0 Å². The summed E-state index contributed by atoms with van der Waals surface area (Å²) in [6, 6.07) is 7.53. The topological polar surface area (TPSA) is 38.7 Å². The molecular formula is C13H20O3. The van der Waals surface area contributed by atoms with E-state index >= 15 is 0 Å². The van der Waals surface area contributed by atoms with Crippen molar-refractivity contribution >= 4 is 0 Å². The Hall–Kier alpha value is -1.06. The van der Waals surface area contributed by atoms with Crippen LogP contribution in [-0.2, 0) is 11.3 Å².